The van der Waals surface area contributed by atoms with E-state index in [4.69, 9.17) is 16.6 Å². The SMILES string of the molecule is CCCCCCC(C)N(C(=O)[C@@H](N)CS)[C@H](C(=O)O)C(=O)CC[C@H](N)C(=O)O. The highest BCUT2D eigenvalue weighted by molar-refractivity contribution is 7.80. The molecule has 0 saturated heterocycles. The number of amides is 1. The van der Waals surface area contributed by atoms with Crippen molar-refractivity contribution in [1.82, 2.24) is 4.90 Å². The van der Waals surface area contributed by atoms with Crippen molar-refractivity contribution >= 4 is 36.3 Å². The quantitative estimate of drug-likeness (QED) is 0.147. The number of unbranched alkanes of at least 4 members (excludes halogenated alkanes) is 3. The fourth-order valence-electron chi connectivity index (χ4n) is 2.84. The lowest BCUT2D eigenvalue weighted by molar-refractivity contribution is -0.157. The van der Waals surface area contributed by atoms with E-state index in [1.165, 1.54) is 0 Å². The van der Waals surface area contributed by atoms with E-state index in [1.54, 1.807) is 6.92 Å². The van der Waals surface area contributed by atoms with Crippen molar-refractivity contribution in [2.75, 3.05) is 5.75 Å². The monoisotopic (exact) mass is 419 g/mol. The number of rotatable bonds is 15. The molecule has 28 heavy (non-hydrogen) atoms. The normalized spacial score (nSPS) is 15.3. The molecule has 0 fully saturated rings. The summed E-state index contributed by atoms with van der Waals surface area (Å²) in [5, 5.41) is 18.5. The molecule has 0 rings (SSSR count). The van der Waals surface area contributed by atoms with Crippen LogP contribution in [0.3, 0.4) is 0 Å². The first kappa shape index (κ1) is 26.4. The Bertz CT molecular complexity index is 545. The van der Waals surface area contributed by atoms with Crippen molar-refractivity contribution in [2.24, 2.45) is 11.5 Å². The number of aliphatic carboxylic acids is 2. The zero-order chi connectivity index (χ0) is 21.9. The first-order valence-corrected chi connectivity index (χ1v) is 10.1. The van der Waals surface area contributed by atoms with Gasteiger partial charge >= 0.3 is 11.9 Å². The third kappa shape index (κ3) is 8.57. The van der Waals surface area contributed by atoms with Crippen molar-refractivity contribution in [3.05, 3.63) is 0 Å². The van der Waals surface area contributed by atoms with Gasteiger partial charge in [-0.1, -0.05) is 32.6 Å². The number of hydrogen-bond acceptors (Lipinski definition) is 7. The van der Waals surface area contributed by atoms with Crippen molar-refractivity contribution < 1.29 is 29.4 Å². The Balaban J connectivity index is 5.49. The van der Waals surface area contributed by atoms with E-state index in [-0.39, 0.29) is 18.6 Å². The van der Waals surface area contributed by atoms with Gasteiger partial charge in [0.2, 0.25) is 5.91 Å². The molecule has 162 valence electrons. The molecular formula is C18H33N3O6S. The smallest absolute Gasteiger partial charge is 0.334 e. The highest BCUT2D eigenvalue weighted by Crippen LogP contribution is 2.18. The van der Waals surface area contributed by atoms with Gasteiger partial charge in [-0.3, -0.25) is 14.4 Å². The van der Waals surface area contributed by atoms with Crippen LogP contribution in [0.25, 0.3) is 0 Å². The lowest BCUT2D eigenvalue weighted by Gasteiger charge is -2.35. The van der Waals surface area contributed by atoms with E-state index in [0.29, 0.717) is 6.42 Å². The van der Waals surface area contributed by atoms with Gasteiger partial charge < -0.3 is 26.6 Å². The first-order chi connectivity index (χ1) is 13.1. The number of Topliss-reactive ketones (excluding diaryl/α,β-unsaturated/α-hetero) is 1. The molecule has 0 saturated carbocycles. The molecule has 10 heteroatoms. The predicted octanol–water partition coefficient (Wildman–Crippen LogP) is 0.645. The Labute approximate surface area is 171 Å². The number of carboxylic acids is 2. The molecule has 1 unspecified atom stereocenters. The molecule has 0 spiro atoms. The molecule has 0 bridgehead atoms. The molecule has 0 aliphatic carbocycles. The Morgan fingerprint density at radius 3 is 2.04 bits per heavy atom. The molecule has 9 nitrogen and oxygen atoms in total. The third-order valence-corrected chi connectivity index (χ3v) is 4.95. The van der Waals surface area contributed by atoms with E-state index < -0.39 is 47.8 Å². The molecule has 0 aromatic heterocycles. The van der Waals surface area contributed by atoms with Crippen LogP contribution in [-0.4, -0.2) is 68.7 Å². The largest absolute Gasteiger partial charge is 0.480 e. The number of nitrogens with two attached hydrogens (primary N) is 2. The molecule has 0 heterocycles. The molecule has 0 aliphatic heterocycles. The molecular weight excluding hydrogens is 386 g/mol. The summed E-state index contributed by atoms with van der Waals surface area (Å²) in [7, 11) is 0. The van der Waals surface area contributed by atoms with Crippen molar-refractivity contribution in [1.29, 1.82) is 0 Å². The van der Waals surface area contributed by atoms with Crippen molar-refractivity contribution in [2.45, 2.75) is 83.0 Å². The average molecular weight is 420 g/mol. The molecule has 0 aliphatic rings. The zero-order valence-electron chi connectivity index (χ0n) is 16.5. The summed E-state index contributed by atoms with van der Waals surface area (Å²) in [5.41, 5.74) is 11.2. The maximum Gasteiger partial charge on any atom is 0.334 e. The summed E-state index contributed by atoms with van der Waals surface area (Å²) in [5.74, 6) is -4.20. The number of thiol groups is 1. The minimum Gasteiger partial charge on any atom is -0.480 e. The lowest BCUT2D eigenvalue weighted by Crippen LogP contribution is -2.58. The Morgan fingerprint density at radius 2 is 1.57 bits per heavy atom. The standard InChI is InChI=1S/C18H33N3O6S/c1-3-4-5-6-7-11(2)21(16(23)13(20)10-28)15(18(26)27)14(22)9-8-12(19)17(24)25/h11-13,15,28H,3-10,19-20H2,1-2H3,(H,24,25)(H,26,27)/t11?,12-,13-,15-/m0/s1. The van der Waals surface area contributed by atoms with Gasteiger partial charge in [-0.25, -0.2) is 4.79 Å². The number of nitrogens with zero attached hydrogens (tertiary/aromatic N) is 1. The van der Waals surface area contributed by atoms with E-state index in [2.05, 4.69) is 19.6 Å². The van der Waals surface area contributed by atoms with Crippen LogP contribution in [0.5, 0.6) is 0 Å². The maximum absolute atomic E-state index is 12.7. The van der Waals surface area contributed by atoms with Gasteiger partial charge in [0.05, 0.1) is 6.04 Å². The third-order valence-electron chi connectivity index (χ3n) is 4.55. The number of carbonyl (C=O) groups is 4. The van der Waals surface area contributed by atoms with Crippen LogP contribution in [0.2, 0.25) is 0 Å². The summed E-state index contributed by atoms with van der Waals surface area (Å²) < 4.78 is 0. The van der Waals surface area contributed by atoms with Crippen molar-refractivity contribution in [3.63, 3.8) is 0 Å². The molecule has 0 aromatic rings. The first-order valence-electron chi connectivity index (χ1n) is 9.50. The summed E-state index contributed by atoms with van der Waals surface area (Å²) in [6.07, 6.45) is 3.69. The topological polar surface area (TPSA) is 164 Å². The summed E-state index contributed by atoms with van der Waals surface area (Å²) in [4.78, 5) is 49.0. The number of carbonyl (C=O) groups excluding carboxylic acids is 2. The van der Waals surface area contributed by atoms with Crippen LogP contribution >= 0.6 is 12.6 Å². The van der Waals surface area contributed by atoms with Gasteiger partial charge in [-0.05, 0) is 19.8 Å². The zero-order valence-corrected chi connectivity index (χ0v) is 17.4. The maximum atomic E-state index is 12.7. The van der Waals surface area contributed by atoms with Crippen LogP contribution in [0.1, 0.15) is 58.8 Å². The van der Waals surface area contributed by atoms with Gasteiger partial charge in [0.1, 0.15) is 6.04 Å². The highest BCUT2D eigenvalue weighted by atomic mass is 32.1. The second kappa shape index (κ2) is 13.5. The van der Waals surface area contributed by atoms with Gasteiger partial charge in [-0.15, -0.1) is 0 Å². The van der Waals surface area contributed by atoms with Gasteiger partial charge in [-0.2, -0.15) is 12.6 Å². The van der Waals surface area contributed by atoms with Crippen LogP contribution in [-0.2, 0) is 19.2 Å². The van der Waals surface area contributed by atoms with Gasteiger partial charge in [0.25, 0.3) is 0 Å². The Kier molecular flexibility index (Phi) is 12.7. The van der Waals surface area contributed by atoms with Crippen LogP contribution in [0.4, 0.5) is 0 Å². The molecule has 0 aromatic carbocycles. The highest BCUT2D eigenvalue weighted by Gasteiger charge is 2.39. The summed E-state index contributed by atoms with van der Waals surface area (Å²) in [6, 6.07) is -4.58. The van der Waals surface area contributed by atoms with Crippen molar-refractivity contribution in [3.8, 4) is 0 Å². The van der Waals surface area contributed by atoms with Crippen LogP contribution in [0.15, 0.2) is 0 Å². The van der Waals surface area contributed by atoms with Crippen LogP contribution in [0, 0.1) is 0 Å². The fourth-order valence-corrected chi connectivity index (χ4v) is 3.00. The molecule has 6 N–H and O–H groups in total. The lowest BCUT2D eigenvalue weighted by atomic mass is 9.98. The van der Waals surface area contributed by atoms with E-state index in [9.17, 15) is 24.3 Å². The predicted molar refractivity (Wildman–Crippen MR) is 108 cm³/mol. The second-order valence-corrected chi connectivity index (χ2v) is 7.29. The minimum atomic E-state index is -1.74. The second-order valence-electron chi connectivity index (χ2n) is 6.92. The number of carboxylic acid groups (broad SMARTS) is 2. The summed E-state index contributed by atoms with van der Waals surface area (Å²) >= 11 is 3.99. The van der Waals surface area contributed by atoms with E-state index in [0.717, 1.165) is 30.6 Å². The Hall–Kier alpha value is -1.65. The average Bonchev–Trinajstić information content (AvgIpc) is 2.65. The Morgan fingerprint density at radius 1 is 0.964 bits per heavy atom. The van der Waals surface area contributed by atoms with E-state index in [1.807, 2.05) is 0 Å². The molecule has 0 radical (unpaired) electrons. The summed E-state index contributed by atoms with van der Waals surface area (Å²) in [6.45, 7) is 3.74. The van der Waals surface area contributed by atoms with Gasteiger partial charge in [0, 0.05) is 18.2 Å². The number of ketones is 1. The number of hydrogen-bond donors (Lipinski definition) is 5. The molecule has 1 amide bonds. The molecule has 4 atom stereocenters. The van der Waals surface area contributed by atoms with E-state index >= 15 is 0 Å². The minimum absolute atomic E-state index is 0.00229. The van der Waals surface area contributed by atoms with Crippen LogP contribution < -0.4 is 11.5 Å². The fraction of sp³-hybridized carbons (Fsp3) is 0.778. The van der Waals surface area contributed by atoms with Gasteiger partial charge in [0.15, 0.2) is 11.8 Å².